The molecule has 0 amide bonds. The highest BCUT2D eigenvalue weighted by Crippen LogP contribution is 2.43. The first-order chi connectivity index (χ1) is 25.3. The van der Waals surface area contributed by atoms with Gasteiger partial charge in [0.25, 0.3) is 0 Å². The van der Waals surface area contributed by atoms with Crippen molar-refractivity contribution in [3.63, 3.8) is 0 Å². The molecule has 0 aliphatic carbocycles. The fraction of sp³-hybridized carbons (Fsp3) is 0.857. The summed E-state index contributed by atoms with van der Waals surface area (Å²) in [7, 11) is -4.38. The predicted octanol–water partition coefficient (Wildman–Crippen LogP) is 12.0. The molecule has 0 heterocycles. The standard InChI is InChI=1S/C42H80NO8P/c1-3-5-7-9-11-13-15-17-19-21-23-25-27-29-31-33-35-42(45)51-40(39-50-52(46,47)49-37-36-43)38-48-41(44)34-32-30-28-26-24-22-20-18-16-14-12-10-8-6-4-2/h18-21,40H,3-17,22-39,43H2,1-2H3,(H,46,47)/b20-18-,21-19+. The zero-order chi connectivity index (χ0) is 38.2. The molecule has 0 spiro atoms. The molecule has 0 saturated heterocycles. The number of hydrogen-bond donors (Lipinski definition) is 2. The van der Waals surface area contributed by atoms with Crippen LogP contribution in [0, 0.1) is 0 Å². The number of carbonyl (C=O) groups is 2. The first-order valence-corrected chi connectivity index (χ1v) is 22.8. The summed E-state index contributed by atoms with van der Waals surface area (Å²) in [5.74, 6) is -0.844. The Hall–Kier alpha value is -1.51. The number of rotatable bonds is 40. The second-order valence-electron chi connectivity index (χ2n) is 14.2. The van der Waals surface area contributed by atoms with Crippen LogP contribution < -0.4 is 5.73 Å². The summed E-state index contributed by atoms with van der Waals surface area (Å²) in [6.45, 7) is 3.71. The Morgan fingerprint density at radius 2 is 0.942 bits per heavy atom. The van der Waals surface area contributed by atoms with Gasteiger partial charge in [-0.3, -0.25) is 18.6 Å². The molecule has 0 aromatic heterocycles. The largest absolute Gasteiger partial charge is 0.472 e. The van der Waals surface area contributed by atoms with E-state index in [-0.39, 0.29) is 32.6 Å². The lowest BCUT2D eigenvalue weighted by molar-refractivity contribution is -0.161. The summed E-state index contributed by atoms with van der Waals surface area (Å²) in [4.78, 5) is 34.8. The molecule has 3 N–H and O–H groups in total. The van der Waals surface area contributed by atoms with E-state index in [9.17, 15) is 19.0 Å². The van der Waals surface area contributed by atoms with Crippen LogP contribution in [0.25, 0.3) is 0 Å². The van der Waals surface area contributed by atoms with Gasteiger partial charge in [-0.15, -0.1) is 0 Å². The van der Waals surface area contributed by atoms with Gasteiger partial charge in [-0.2, -0.15) is 0 Å². The van der Waals surface area contributed by atoms with E-state index in [1.165, 1.54) is 96.3 Å². The molecular weight excluding hydrogens is 677 g/mol. The number of carbonyl (C=O) groups excluding carboxylic acids is 2. The average Bonchev–Trinajstić information content (AvgIpc) is 3.13. The van der Waals surface area contributed by atoms with Crippen LogP contribution in [0.5, 0.6) is 0 Å². The minimum atomic E-state index is -4.38. The number of ether oxygens (including phenoxy) is 2. The summed E-state index contributed by atoms with van der Waals surface area (Å²) in [5, 5.41) is 0. The monoisotopic (exact) mass is 758 g/mol. The van der Waals surface area contributed by atoms with Gasteiger partial charge in [-0.1, -0.05) is 147 Å². The van der Waals surface area contributed by atoms with E-state index >= 15 is 0 Å². The van der Waals surface area contributed by atoms with Gasteiger partial charge < -0.3 is 20.1 Å². The fourth-order valence-electron chi connectivity index (χ4n) is 5.86. The van der Waals surface area contributed by atoms with Crippen LogP contribution in [0.1, 0.15) is 200 Å². The topological polar surface area (TPSA) is 134 Å². The molecule has 0 bridgehead atoms. The Kier molecular flexibility index (Phi) is 38.1. The highest BCUT2D eigenvalue weighted by atomic mass is 31.2. The molecule has 2 atom stereocenters. The molecule has 0 aromatic rings. The van der Waals surface area contributed by atoms with Gasteiger partial charge in [-0.05, 0) is 64.2 Å². The number of phosphoric acid groups is 1. The van der Waals surface area contributed by atoms with Gasteiger partial charge in [0.05, 0.1) is 13.2 Å². The SMILES string of the molecule is CCCCCCCC/C=C\CCCCCCCC(=O)OCC(COP(=O)(O)OCCN)OC(=O)CCCCCCC/C=C/CCCCCCCCC. The third-order valence-electron chi connectivity index (χ3n) is 9.06. The van der Waals surface area contributed by atoms with E-state index in [0.717, 1.165) is 70.6 Å². The molecule has 0 fully saturated rings. The Balaban J connectivity index is 4.18. The third-order valence-corrected chi connectivity index (χ3v) is 10.0. The zero-order valence-electron chi connectivity index (χ0n) is 33.6. The van der Waals surface area contributed by atoms with Gasteiger partial charge in [0.2, 0.25) is 0 Å². The summed E-state index contributed by atoms with van der Waals surface area (Å²) < 4.78 is 32.7. The quantitative estimate of drug-likeness (QED) is 0.0271. The fourth-order valence-corrected chi connectivity index (χ4v) is 6.62. The van der Waals surface area contributed by atoms with Crippen LogP contribution in [0.3, 0.4) is 0 Å². The summed E-state index contributed by atoms with van der Waals surface area (Å²) in [6, 6.07) is 0. The number of unbranched alkanes of at least 4 members (excludes halogenated alkanes) is 23. The summed E-state index contributed by atoms with van der Waals surface area (Å²) in [5.41, 5.74) is 5.34. The molecule has 0 aliphatic rings. The average molecular weight is 758 g/mol. The van der Waals surface area contributed by atoms with Crippen molar-refractivity contribution in [3.8, 4) is 0 Å². The van der Waals surface area contributed by atoms with Crippen molar-refractivity contribution in [2.45, 2.75) is 206 Å². The molecule has 2 unspecified atom stereocenters. The molecular formula is C42H80NO8P. The highest BCUT2D eigenvalue weighted by Gasteiger charge is 2.26. The van der Waals surface area contributed by atoms with Crippen LogP contribution in [0.15, 0.2) is 24.3 Å². The number of nitrogens with two attached hydrogens (primary N) is 1. The van der Waals surface area contributed by atoms with E-state index in [1.807, 2.05) is 0 Å². The highest BCUT2D eigenvalue weighted by molar-refractivity contribution is 7.47. The number of hydrogen-bond acceptors (Lipinski definition) is 8. The molecule has 0 aromatic carbocycles. The van der Waals surface area contributed by atoms with E-state index in [0.29, 0.717) is 6.42 Å². The van der Waals surface area contributed by atoms with E-state index in [2.05, 4.69) is 38.2 Å². The van der Waals surface area contributed by atoms with Gasteiger partial charge in [0, 0.05) is 19.4 Å². The lowest BCUT2D eigenvalue weighted by Crippen LogP contribution is -2.29. The van der Waals surface area contributed by atoms with Crippen molar-refractivity contribution in [2.24, 2.45) is 5.73 Å². The van der Waals surface area contributed by atoms with Crippen LogP contribution in [-0.4, -0.2) is 49.3 Å². The Morgan fingerprint density at radius 1 is 0.558 bits per heavy atom. The zero-order valence-corrected chi connectivity index (χ0v) is 34.4. The second-order valence-corrected chi connectivity index (χ2v) is 15.7. The first kappa shape index (κ1) is 50.5. The first-order valence-electron chi connectivity index (χ1n) is 21.3. The molecule has 0 rings (SSSR count). The number of esters is 2. The Bertz CT molecular complexity index is 912. The molecule has 306 valence electrons. The normalized spacial score (nSPS) is 13.5. The van der Waals surface area contributed by atoms with Crippen molar-refractivity contribution in [1.29, 1.82) is 0 Å². The van der Waals surface area contributed by atoms with E-state index < -0.39 is 32.5 Å². The minimum Gasteiger partial charge on any atom is -0.462 e. The van der Waals surface area contributed by atoms with Crippen molar-refractivity contribution in [2.75, 3.05) is 26.4 Å². The molecule has 52 heavy (non-hydrogen) atoms. The van der Waals surface area contributed by atoms with Crippen LogP contribution in [-0.2, 0) is 32.7 Å². The molecule has 10 heteroatoms. The molecule has 0 saturated carbocycles. The van der Waals surface area contributed by atoms with Crippen molar-refractivity contribution in [1.82, 2.24) is 0 Å². The molecule has 0 aliphatic heterocycles. The maximum atomic E-state index is 12.6. The van der Waals surface area contributed by atoms with Crippen LogP contribution in [0.4, 0.5) is 0 Å². The van der Waals surface area contributed by atoms with Crippen LogP contribution >= 0.6 is 7.82 Å². The van der Waals surface area contributed by atoms with Gasteiger partial charge >= 0.3 is 19.8 Å². The predicted molar refractivity (Wildman–Crippen MR) is 215 cm³/mol. The lowest BCUT2D eigenvalue weighted by Gasteiger charge is -2.19. The Labute approximate surface area is 319 Å². The second kappa shape index (κ2) is 39.2. The van der Waals surface area contributed by atoms with Crippen molar-refractivity contribution in [3.05, 3.63) is 24.3 Å². The number of phosphoric ester groups is 1. The lowest BCUT2D eigenvalue weighted by atomic mass is 10.1. The maximum Gasteiger partial charge on any atom is 0.472 e. The maximum absolute atomic E-state index is 12.6. The van der Waals surface area contributed by atoms with Gasteiger partial charge in [0.1, 0.15) is 6.61 Å². The summed E-state index contributed by atoms with van der Waals surface area (Å²) in [6.07, 6.45) is 40.6. The third kappa shape index (κ3) is 38.2. The van der Waals surface area contributed by atoms with E-state index in [1.54, 1.807) is 0 Å². The van der Waals surface area contributed by atoms with Gasteiger partial charge in [0.15, 0.2) is 6.10 Å². The number of allylic oxidation sites excluding steroid dienone is 4. The molecule has 0 radical (unpaired) electrons. The smallest absolute Gasteiger partial charge is 0.462 e. The van der Waals surface area contributed by atoms with Crippen molar-refractivity contribution < 1.29 is 37.6 Å². The van der Waals surface area contributed by atoms with Crippen LogP contribution in [0.2, 0.25) is 0 Å². The Morgan fingerprint density at radius 3 is 1.37 bits per heavy atom. The summed E-state index contributed by atoms with van der Waals surface area (Å²) >= 11 is 0. The minimum absolute atomic E-state index is 0.0519. The van der Waals surface area contributed by atoms with Crippen molar-refractivity contribution >= 4 is 19.8 Å². The molecule has 9 nitrogen and oxygen atoms in total. The van der Waals surface area contributed by atoms with Gasteiger partial charge in [-0.25, -0.2) is 4.57 Å². The van der Waals surface area contributed by atoms with E-state index in [4.69, 9.17) is 24.3 Å².